The first-order valence-corrected chi connectivity index (χ1v) is 9.87. The van der Waals surface area contributed by atoms with Crippen molar-refractivity contribution in [2.24, 2.45) is 0 Å². The first-order valence-electron chi connectivity index (χ1n) is 8.43. The minimum atomic E-state index is -4.85. The number of amides is 1. The third-order valence-electron chi connectivity index (χ3n) is 3.84. The highest BCUT2D eigenvalue weighted by Crippen LogP contribution is 2.24. The molecule has 31 heavy (non-hydrogen) atoms. The highest BCUT2D eigenvalue weighted by molar-refractivity contribution is 7.89. The molecule has 0 radical (unpaired) electrons. The van der Waals surface area contributed by atoms with Gasteiger partial charge in [-0.2, -0.15) is 17.5 Å². The average molecular weight is 470 g/mol. The van der Waals surface area contributed by atoms with Crippen LogP contribution in [0.1, 0.15) is 15.9 Å². The molecule has 2 aromatic carbocycles. The van der Waals surface area contributed by atoms with E-state index in [0.717, 1.165) is 40.7 Å². The molecule has 0 saturated carbocycles. The molecule has 0 atom stereocenters. The monoisotopic (exact) mass is 470 g/mol. The van der Waals surface area contributed by atoms with E-state index in [1.807, 2.05) is 0 Å². The van der Waals surface area contributed by atoms with Gasteiger partial charge in [0.15, 0.2) is 0 Å². The number of nitrogens with one attached hydrogen (secondary N) is 1. The smallest absolute Gasteiger partial charge is 0.406 e. The Bertz CT molecular complexity index is 1000. The fourth-order valence-electron chi connectivity index (χ4n) is 2.38. The van der Waals surface area contributed by atoms with E-state index in [2.05, 4.69) is 4.74 Å². The number of benzene rings is 2. The van der Waals surface area contributed by atoms with Gasteiger partial charge in [0.05, 0.1) is 4.90 Å². The standard InChI is InChI=1S/C18H16F6N2O4S/c1-26(10-12-2-6-14(7-3-12)30-18(22,23)24)31(28,29)15-8-4-13(5-9-15)16(27)25-11-17(19,20)21/h2-9H,10-11H2,1H3,(H,25,27). The van der Waals surface area contributed by atoms with E-state index in [0.29, 0.717) is 5.56 Å². The summed E-state index contributed by atoms with van der Waals surface area (Å²) in [6, 6.07) is 8.87. The number of alkyl halides is 6. The zero-order chi connectivity index (χ0) is 23.4. The van der Waals surface area contributed by atoms with E-state index in [4.69, 9.17) is 0 Å². The zero-order valence-electron chi connectivity index (χ0n) is 15.8. The van der Waals surface area contributed by atoms with Crippen LogP contribution < -0.4 is 10.1 Å². The van der Waals surface area contributed by atoms with Gasteiger partial charge in [-0.25, -0.2) is 8.42 Å². The van der Waals surface area contributed by atoms with E-state index < -0.39 is 40.8 Å². The van der Waals surface area contributed by atoms with Gasteiger partial charge in [0.1, 0.15) is 12.3 Å². The summed E-state index contributed by atoms with van der Waals surface area (Å²) in [5.41, 5.74) is 0.217. The lowest BCUT2D eigenvalue weighted by atomic mass is 10.2. The predicted molar refractivity (Wildman–Crippen MR) is 96.6 cm³/mol. The minimum Gasteiger partial charge on any atom is -0.406 e. The number of carbonyl (C=O) groups excluding carboxylic acids is 1. The largest absolute Gasteiger partial charge is 0.573 e. The first kappa shape index (κ1) is 24.5. The molecule has 0 aromatic heterocycles. The highest BCUT2D eigenvalue weighted by atomic mass is 32.2. The molecule has 1 amide bonds. The van der Waals surface area contributed by atoms with Crippen LogP contribution in [0.15, 0.2) is 53.4 Å². The topological polar surface area (TPSA) is 75.7 Å². The summed E-state index contributed by atoms with van der Waals surface area (Å²) in [6.45, 7) is -1.70. The lowest BCUT2D eigenvalue weighted by molar-refractivity contribution is -0.274. The first-order chi connectivity index (χ1) is 14.2. The van der Waals surface area contributed by atoms with Crippen molar-refractivity contribution in [1.29, 1.82) is 0 Å². The fraction of sp³-hybridized carbons (Fsp3) is 0.278. The van der Waals surface area contributed by atoms with Crippen molar-refractivity contribution in [3.05, 3.63) is 59.7 Å². The molecule has 0 heterocycles. The second-order valence-electron chi connectivity index (χ2n) is 6.28. The van der Waals surface area contributed by atoms with Gasteiger partial charge in [0, 0.05) is 19.2 Å². The third-order valence-corrected chi connectivity index (χ3v) is 5.65. The molecule has 0 saturated heterocycles. The Balaban J connectivity index is 2.06. The van der Waals surface area contributed by atoms with Crippen LogP contribution in [0.3, 0.4) is 0 Å². The van der Waals surface area contributed by atoms with Crippen molar-refractivity contribution in [3.8, 4) is 5.75 Å². The van der Waals surface area contributed by atoms with E-state index in [9.17, 15) is 39.6 Å². The Kier molecular flexibility index (Phi) is 7.21. The van der Waals surface area contributed by atoms with Gasteiger partial charge in [-0.3, -0.25) is 4.79 Å². The van der Waals surface area contributed by atoms with Gasteiger partial charge >= 0.3 is 12.5 Å². The van der Waals surface area contributed by atoms with Gasteiger partial charge in [-0.1, -0.05) is 12.1 Å². The molecule has 2 aromatic rings. The molecule has 1 N–H and O–H groups in total. The molecule has 0 aliphatic carbocycles. The number of carbonyl (C=O) groups is 1. The van der Waals surface area contributed by atoms with Crippen molar-refractivity contribution in [2.75, 3.05) is 13.6 Å². The predicted octanol–water partition coefficient (Wildman–Crippen LogP) is 3.70. The lowest BCUT2D eigenvalue weighted by Gasteiger charge is -2.18. The van der Waals surface area contributed by atoms with Crippen LogP contribution in [0.25, 0.3) is 0 Å². The van der Waals surface area contributed by atoms with Crippen molar-refractivity contribution in [2.45, 2.75) is 24.0 Å². The molecule has 0 fully saturated rings. The molecular weight excluding hydrogens is 454 g/mol. The van der Waals surface area contributed by atoms with Crippen molar-refractivity contribution in [3.63, 3.8) is 0 Å². The average Bonchev–Trinajstić information content (AvgIpc) is 2.66. The molecule has 6 nitrogen and oxygen atoms in total. The number of rotatable bonds is 7. The van der Waals surface area contributed by atoms with Crippen LogP contribution in [0.4, 0.5) is 26.3 Å². The molecule has 170 valence electrons. The van der Waals surface area contributed by atoms with Crippen LogP contribution in [0, 0.1) is 0 Å². The van der Waals surface area contributed by atoms with Crippen LogP contribution in [-0.4, -0.2) is 44.8 Å². The fourth-order valence-corrected chi connectivity index (χ4v) is 3.54. The third kappa shape index (κ3) is 7.43. The lowest BCUT2D eigenvalue weighted by Crippen LogP contribution is -2.33. The van der Waals surface area contributed by atoms with Crippen LogP contribution in [0.2, 0.25) is 0 Å². The van der Waals surface area contributed by atoms with E-state index in [1.54, 1.807) is 5.32 Å². The van der Waals surface area contributed by atoms with Gasteiger partial charge in [0.25, 0.3) is 5.91 Å². The summed E-state index contributed by atoms with van der Waals surface area (Å²) in [6.07, 6.45) is -9.43. The number of hydrogen-bond donors (Lipinski definition) is 1. The molecule has 13 heteroatoms. The summed E-state index contributed by atoms with van der Waals surface area (Å²) in [7, 11) is -2.81. The van der Waals surface area contributed by atoms with Crippen molar-refractivity contribution in [1.82, 2.24) is 9.62 Å². The molecule has 0 aliphatic rings. The summed E-state index contributed by atoms with van der Waals surface area (Å²) >= 11 is 0. The summed E-state index contributed by atoms with van der Waals surface area (Å²) in [5, 5.41) is 1.67. The van der Waals surface area contributed by atoms with Crippen LogP contribution in [-0.2, 0) is 16.6 Å². The molecule has 0 bridgehead atoms. The van der Waals surface area contributed by atoms with Gasteiger partial charge < -0.3 is 10.1 Å². The number of sulfonamides is 1. The maximum atomic E-state index is 12.6. The summed E-state index contributed by atoms with van der Waals surface area (Å²) < 4.78 is 103. The Morgan fingerprint density at radius 3 is 2.00 bits per heavy atom. The molecule has 0 unspecified atom stereocenters. The quantitative estimate of drug-likeness (QED) is 0.627. The van der Waals surface area contributed by atoms with Gasteiger partial charge in [0.2, 0.25) is 10.0 Å². The van der Waals surface area contributed by atoms with Gasteiger partial charge in [-0.05, 0) is 42.0 Å². The minimum absolute atomic E-state index is 0.161. The Hall–Kier alpha value is -2.80. The normalized spacial score (nSPS) is 12.6. The molecular formula is C18H16F6N2O4S. The Labute approximate surface area is 173 Å². The highest BCUT2D eigenvalue weighted by Gasteiger charge is 2.31. The zero-order valence-corrected chi connectivity index (χ0v) is 16.6. The number of hydrogen-bond acceptors (Lipinski definition) is 4. The second kappa shape index (κ2) is 9.14. The summed E-state index contributed by atoms with van der Waals surface area (Å²) in [4.78, 5) is 11.5. The van der Waals surface area contributed by atoms with Crippen molar-refractivity contribution < 1.29 is 44.3 Å². The number of nitrogens with zero attached hydrogens (tertiary/aromatic N) is 1. The van der Waals surface area contributed by atoms with Crippen molar-refractivity contribution >= 4 is 15.9 Å². The van der Waals surface area contributed by atoms with Crippen LogP contribution >= 0.6 is 0 Å². The van der Waals surface area contributed by atoms with E-state index >= 15 is 0 Å². The molecule has 0 aliphatic heterocycles. The number of ether oxygens (including phenoxy) is 1. The van der Waals surface area contributed by atoms with E-state index in [1.165, 1.54) is 19.2 Å². The van der Waals surface area contributed by atoms with Gasteiger partial charge in [-0.15, -0.1) is 13.2 Å². The second-order valence-corrected chi connectivity index (χ2v) is 8.32. The maximum Gasteiger partial charge on any atom is 0.573 e. The molecule has 0 spiro atoms. The SMILES string of the molecule is CN(Cc1ccc(OC(F)(F)F)cc1)S(=O)(=O)c1ccc(C(=O)NCC(F)(F)F)cc1. The number of halogens is 6. The Morgan fingerprint density at radius 1 is 0.968 bits per heavy atom. The summed E-state index contributed by atoms with van der Waals surface area (Å²) in [5.74, 6) is -1.48. The van der Waals surface area contributed by atoms with E-state index in [-0.39, 0.29) is 17.0 Å². The van der Waals surface area contributed by atoms with Crippen LogP contribution in [0.5, 0.6) is 5.75 Å². The Morgan fingerprint density at radius 2 is 1.52 bits per heavy atom. The molecule has 2 rings (SSSR count). The maximum absolute atomic E-state index is 12.6.